The second-order valence-electron chi connectivity index (χ2n) is 9.30. The highest BCUT2D eigenvalue weighted by Crippen LogP contribution is 2.46. The minimum Gasteiger partial charge on any atom is -0.481 e. The number of aromatic nitrogens is 5. The van der Waals surface area contributed by atoms with Crippen molar-refractivity contribution in [2.45, 2.75) is 38.3 Å². The van der Waals surface area contributed by atoms with Crippen LogP contribution in [0.15, 0.2) is 30.6 Å². The number of methoxy groups -OCH3 is 1. The number of carboxylic acid groups (broad SMARTS) is 1. The highest BCUT2D eigenvalue weighted by molar-refractivity contribution is 5.92. The number of carbonyl (C=O) groups is 1. The van der Waals surface area contributed by atoms with E-state index in [1.807, 2.05) is 12.1 Å². The Balaban J connectivity index is 1.49. The number of nitrogens with one attached hydrogen (secondary N) is 2. The molecule has 0 aromatic carbocycles. The lowest BCUT2D eigenvalue weighted by atomic mass is 9.61. The molecule has 0 saturated heterocycles. The number of hydrogen-bond acceptors (Lipinski definition) is 6. The van der Waals surface area contributed by atoms with Gasteiger partial charge in [-0.3, -0.25) is 4.79 Å². The molecule has 4 heterocycles. The average Bonchev–Trinajstić information content (AvgIpc) is 3.44. The maximum absolute atomic E-state index is 14.0. The smallest absolute Gasteiger partial charge is 0.308 e. The van der Waals surface area contributed by atoms with Crippen molar-refractivity contribution in [1.29, 1.82) is 0 Å². The number of halogens is 1. The number of aromatic amines is 1. The second-order valence-corrected chi connectivity index (χ2v) is 9.30. The summed E-state index contributed by atoms with van der Waals surface area (Å²) in [6, 6.07) is 5.02. The van der Waals surface area contributed by atoms with Crippen molar-refractivity contribution in [3.8, 4) is 11.4 Å². The van der Waals surface area contributed by atoms with Crippen LogP contribution in [0.3, 0.4) is 0 Å². The van der Waals surface area contributed by atoms with Gasteiger partial charge >= 0.3 is 5.97 Å². The van der Waals surface area contributed by atoms with E-state index in [0.29, 0.717) is 34.8 Å². The normalized spacial score (nSPS) is 24.2. The lowest BCUT2D eigenvalue weighted by Gasteiger charge is -2.47. The molecular weight excluding hydrogens is 439 g/mol. The average molecular weight is 465 g/mol. The van der Waals surface area contributed by atoms with Gasteiger partial charge < -0.3 is 20.1 Å². The topological polar surface area (TPSA) is 117 Å². The summed E-state index contributed by atoms with van der Waals surface area (Å²) in [6.07, 6.45) is 6.83. The van der Waals surface area contributed by atoms with Crippen molar-refractivity contribution in [2.75, 3.05) is 12.4 Å². The van der Waals surface area contributed by atoms with E-state index in [9.17, 15) is 14.3 Å². The van der Waals surface area contributed by atoms with Crippen molar-refractivity contribution in [2.24, 2.45) is 17.8 Å². The van der Waals surface area contributed by atoms with Gasteiger partial charge in [-0.25, -0.2) is 18.9 Å². The summed E-state index contributed by atoms with van der Waals surface area (Å²) in [7, 11) is 1.62. The minimum atomic E-state index is -0.758. The molecular formula is C24H25FN6O3. The first-order chi connectivity index (χ1) is 16.5. The van der Waals surface area contributed by atoms with E-state index in [-0.39, 0.29) is 17.9 Å². The zero-order chi connectivity index (χ0) is 23.4. The number of hydrogen-bond donors (Lipinski definition) is 3. The molecule has 0 spiro atoms. The molecule has 7 rings (SSSR count). The van der Waals surface area contributed by atoms with Gasteiger partial charge in [0.25, 0.3) is 0 Å². The molecule has 10 heteroatoms. The molecule has 0 radical (unpaired) electrons. The molecule has 3 fully saturated rings. The van der Waals surface area contributed by atoms with Crippen LogP contribution in [0.1, 0.15) is 31.4 Å². The zero-order valence-corrected chi connectivity index (χ0v) is 18.7. The van der Waals surface area contributed by atoms with Crippen molar-refractivity contribution >= 4 is 28.3 Å². The van der Waals surface area contributed by atoms with E-state index >= 15 is 0 Å². The van der Waals surface area contributed by atoms with E-state index in [1.54, 1.807) is 17.8 Å². The molecule has 0 amide bonds. The summed E-state index contributed by atoms with van der Waals surface area (Å²) in [5.41, 5.74) is 2.72. The fourth-order valence-corrected chi connectivity index (χ4v) is 5.86. The number of ether oxygens (including phenoxy) is 1. The van der Waals surface area contributed by atoms with E-state index < -0.39 is 17.7 Å². The molecule has 3 N–H and O–H groups in total. The number of rotatable bonds is 6. The van der Waals surface area contributed by atoms with Gasteiger partial charge in [0.15, 0.2) is 11.6 Å². The third-order valence-corrected chi connectivity index (χ3v) is 7.43. The Kier molecular flexibility index (Phi) is 4.98. The molecule has 0 aliphatic heterocycles. The molecule has 2 atom stereocenters. The van der Waals surface area contributed by atoms with Crippen LogP contribution >= 0.6 is 0 Å². The fraction of sp³-hybridized carbons (Fsp3) is 0.417. The Morgan fingerprint density at radius 1 is 1.29 bits per heavy atom. The summed E-state index contributed by atoms with van der Waals surface area (Å²) < 4.78 is 21.1. The third-order valence-electron chi connectivity index (χ3n) is 7.43. The molecule has 34 heavy (non-hydrogen) atoms. The van der Waals surface area contributed by atoms with Gasteiger partial charge in [-0.05, 0) is 55.7 Å². The van der Waals surface area contributed by atoms with Gasteiger partial charge in [-0.2, -0.15) is 0 Å². The monoisotopic (exact) mass is 464 g/mol. The van der Waals surface area contributed by atoms with Crippen molar-refractivity contribution in [1.82, 2.24) is 24.6 Å². The van der Waals surface area contributed by atoms with E-state index in [2.05, 4.69) is 15.3 Å². The Labute approximate surface area is 194 Å². The molecule has 3 aliphatic carbocycles. The predicted molar refractivity (Wildman–Crippen MR) is 123 cm³/mol. The van der Waals surface area contributed by atoms with Gasteiger partial charge in [-0.1, -0.05) is 0 Å². The van der Waals surface area contributed by atoms with Gasteiger partial charge in [0.2, 0.25) is 0 Å². The largest absolute Gasteiger partial charge is 0.481 e. The molecule has 4 aromatic heterocycles. The fourth-order valence-electron chi connectivity index (χ4n) is 5.86. The summed E-state index contributed by atoms with van der Waals surface area (Å²) in [5.74, 6) is -0.252. The van der Waals surface area contributed by atoms with Crippen LogP contribution in [-0.2, 0) is 16.1 Å². The number of aliphatic carboxylic acids is 1. The van der Waals surface area contributed by atoms with Crippen LogP contribution < -0.4 is 5.32 Å². The quantitative estimate of drug-likeness (QED) is 0.397. The van der Waals surface area contributed by atoms with Crippen LogP contribution in [0.5, 0.6) is 0 Å². The van der Waals surface area contributed by atoms with Gasteiger partial charge in [0.05, 0.1) is 24.4 Å². The van der Waals surface area contributed by atoms with Crippen molar-refractivity contribution < 1.29 is 19.0 Å². The van der Waals surface area contributed by atoms with Gasteiger partial charge in [0.1, 0.15) is 17.0 Å². The zero-order valence-electron chi connectivity index (χ0n) is 18.7. The van der Waals surface area contributed by atoms with Crippen molar-refractivity contribution in [3.05, 3.63) is 42.1 Å². The number of fused-ring (bicyclic) bond motifs is 5. The molecule has 3 saturated carbocycles. The van der Waals surface area contributed by atoms with Crippen LogP contribution in [0.25, 0.3) is 27.9 Å². The third kappa shape index (κ3) is 3.32. The van der Waals surface area contributed by atoms with E-state index in [0.717, 1.165) is 43.1 Å². The number of nitrogens with zero attached hydrogens (tertiary/aromatic N) is 4. The highest BCUT2D eigenvalue weighted by Gasteiger charge is 2.47. The Morgan fingerprint density at radius 2 is 2.09 bits per heavy atom. The van der Waals surface area contributed by atoms with Crippen LogP contribution in [0, 0.1) is 23.6 Å². The first kappa shape index (κ1) is 21.0. The van der Waals surface area contributed by atoms with Gasteiger partial charge in [0, 0.05) is 30.3 Å². The molecule has 176 valence electrons. The Hall–Kier alpha value is -3.53. The van der Waals surface area contributed by atoms with Crippen LogP contribution in [-0.4, -0.2) is 48.8 Å². The summed E-state index contributed by atoms with van der Waals surface area (Å²) in [6.45, 7) is 0.347. The number of carboxylic acids is 1. The maximum Gasteiger partial charge on any atom is 0.308 e. The van der Waals surface area contributed by atoms with Crippen LogP contribution in [0.2, 0.25) is 0 Å². The summed E-state index contributed by atoms with van der Waals surface area (Å²) in [5, 5.41) is 18.8. The number of H-pyrrole nitrogens is 1. The van der Waals surface area contributed by atoms with Crippen molar-refractivity contribution in [3.63, 3.8) is 0 Å². The van der Waals surface area contributed by atoms with E-state index in [4.69, 9.17) is 14.8 Å². The summed E-state index contributed by atoms with van der Waals surface area (Å²) in [4.78, 5) is 24.2. The second kappa shape index (κ2) is 8.05. The van der Waals surface area contributed by atoms with E-state index in [1.165, 1.54) is 6.07 Å². The molecule has 1 unspecified atom stereocenters. The SMILES string of the molecule is COCc1ccc2c(NC3[C@H]4CC[C@H](CC4)[C@@H]3C(=O)O)nc(-c3c[nH]c4ncc(F)cc34)nn12. The lowest BCUT2D eigenvalue weighted by molar-refractivity contribution is -0.148. The number of pyridine rings is 1. The van der Waals surface area contributed by atoms with Crippen LogP contribution in [0.4, 0.5) is 10.2 Å². The molecule has 2 bridgehead atoms. The first-order valence-electron chi connectivity index (χ1n) is 11.5. The maximum atomic E-state index is 14.0. The minimum absolute atomic E-state index is 0.177. The highest BCUT2D eigenvalue weighted by atomic mass is 19.1. The first-order valence-corrected chi connectivity index (χ1v) is 11.5. The molecule has 9 nitrogen and oxygen atoms in total. The Bertz CT molecular complexity index is 1390. The molecule has 3 aliphatic rings. The predicted octanol–water partition coefficient (Wildman–Crippen LogP) is 3.86. The Morgan fingerprint density at radius 3 is 2.85 bits per heavy atom. The summed E-state index contributed by atoms with van der Waals surface area (Å²) >= 11 is 0. The number of anilines is 1. The molecule has 4 aromatic rings. The lowest BCUT2D eigenvalue weighted by Crippen LogP contribution is -2.51. The standard InChI is InChI=1S/C24H25FN6O3/c1-34-11-15-6-7-18-23(28-20-13-4-2-12(3-5-13)19(20)24(32)33)29-22(30-31(15)18)17-10-27-21-16(17)8-14(25)9-26-21/h6-10,12-13,19-20H,2-5,11H2,1H3,(H,26,27)(H,32,33)(H,28,29,30)/t12-,13+,19-,20?/m0/s1. The van der Waals surface area contributed by atoms with Gasteiger partial charge in [-0.15, -0.1) is 5.10 Å².